The molecule has 3 rings (SSSR count). The lowest BCUT2D eigenvalue weighted by molar-refractivity contribution is -0.130. The predicted octanol–water partition coefficient (Wildman–Crippen LogP) is 4.50. The van der Waals surface area contributed by atoms with Gasteiger partial charge in [0.2, 0.25) is 11.8 Å². The van der Waals surface area contributed by atoms with Crippen LogP contribution in [-0.2, 0) is 22.4 Å². The molecule has 0 aliphatic heterocycles. The third-order valence-corrected chi connectivity index (χ3v) is 5.52. The molecule has 1 atom stereocenters. The van der Waals surface area contributed by atoms with Crippen molar-refractivity contribution in [3.8, 4) is 0 Å². The van der Waals surface area contributed by atoms with Gasteiger partial charge in [-0.05, 0) is 42.5 Å². The van der Waals surface area contributed by atoms with E-state index in [0.717, 1.165) is 43.4 Å². The molecule has 2 aromatic carbocycles. The maximum atomic E-state index is 13.0. The van der Waals surface area contributed by atoms with Crippen LogP contribution >= 0.6 is 0 Å². The minimum atomic E-state index is -0.581. The summed E-state index contributed by atoms with van der Waals surface area (Å²) in [5.74, 6) is -0.127. The van der Waals surface area contributed by atoms with Gasteiger partial charge >= 0.3 is 0 Å². The van der Waals surface area contributed by atoms with Gasteiger partial charge in [-0.2, -0.15) is 0 Å². The van der Waals surface area contributed by atoms with Crippen LogP contribution in [0, 0.1) is 5.92 Å². The number of carbonyl (C=O) groups is 2. The van der Waals surface area contributed by atoms with Crippen molar-refractivity contribution in [3.63, 3.8) is 0 Å². The Morgan fingerprint density at radius 2 is 1.61 bits per heavy atom. The Bertz CT molecular complexity index is 765. The minimum absolute atomic E-state index is 0.0112. The summed E-state index contributed by atoms with van der Waals surface area (Å²) in [6.45, 7) is 2.10. The van der Waals surface area contributed by atoms with Crippen LogP contribution in [-0.4, -0.2) is 17.9 Å². The van der Waals surface area contributed by atoms with Crippen LogP contribution in [0.3, 0.4) is 0 Å². The summed E-state index contributed by atoms with van der Waals surface area (Å²) in [6, 6.07) is 17.1. The molecule has 148 valence electrons. The Morgan fingerprint density at radius 1 is 0.929 bits per heavy atom. The first-order chi connectivity index (χ1) is 13.7. The first kappa shape index (κ1) is 20.1. The van der Waals surface area contributed by atoms with Gasteiger partial charge < -0.3 is 10.6 Å². The highest BCUT2D eigenvalue weighted by Crippen LogP contribution is 2.24. The average molecular weight is 379 g/mol. The fraction of sp³-hybridized carbons (Fsp3) is 0.417. The summed E-state index contributed by atoms with van der Waals surface area (Å²) < 4.78 is 0. The Morgan fingerprint density at radius 3 is 2.25 bits per heavy atom. The van der Waals surface area contributed by atoms with Crippen LogP contribution in [0.1, 0.15) is 50.2 Å². The zero-order valence-corrected chi connectivity index (χ0v) is 16.6. The molecule has 2 N–H and O–H groups in total. The number of rotatable bonds is 7. The molecular formula is C24H30N2O2. The number of amides is 2. The second-order valence-corrected chi connectivity index (χ2v) is 7.63. The maximum absolute atomic E-state index is 13.0. The molecule has 0 radical (unpaired) electrons. The van der Waals surface area contributed by atoms with Gasteiger partial charge in [0, 0.05) is 18.0 Å². The number of anilines is 1. The SMILES string of the molecule is CCc1ccc(NC(=O)C(Cc2ccccc2)NC(=O)C2CCCCC2)cc1. The molecule has 0 spiro atoms. The van der Waals surface area contributed by atoms with Crippen molar-refractivity contribution < 1.29 is 9.59 Å². The Kier molecular flexibility index (Phi) is 7.24. The van der Waals surface area contributed by atoms with Crippen LogP contribution in [0.2, 0.25) is 0 Å². The molecule has 4 nitrogen and oxygen atoms in total. The molecule has 2 aromatic rings. The maximum Gasteiger partial charge on any atom is 0.247 e. The normalized spacial score (nSPS) is 15.6. The lowest BCUT2D eigenvalue weighted by atomic mass is 9.88. The third kappa shape index (κ3) is 5.69. The Labute approximate surface area is 167 Å². The fourth-order valence-electron chi connectivity index (χ4n) is 3.77. The van der Waals surface area contributed by atoms with Crippen molar-refractivity contribution in [2.45, 2.75) is 57.9 Å². The topological polar surface area (TPSA) is 58.2 Å². The number of hydrogen-bond donors (Lipinski definition) is 2. The highest BCUT2D eigenvalue weighted by atomic mass is 16.2. The van der Waals surface area contributed by atoms with Crippen molar-refractivity contribution in [1.29, 1.82) is 0 Å². The smallest absolute Gasteiger partial charge is 0.247 e. The number of nitrogens with one attached hydrogen (secondary N) is 2. The van der Waals surface area contributed by atoms with Gasteiger partial charge in [-0.15, -0.1) is 0 Å². The van der Waals surface area contributed by atoms with E-state index in [1.54, 1.807) is 0 Å². The molecule has 0 bridgehead atoms. The van der Waals surface area contributed by atoms with E-state index >= 15 is 0 Å². The minimum Gasteiger partial charge on any atom is -0.344 e. The summed E-state index contributed by atoms with van der Waals surface area (Å²) in [5, 5.41) is 6.00. The summed E-state index contributed by atoms with van der Waals surface area (Å²) in [4.78, 5) is 25.7. The predicted molar refractivity (Wildman–Crippen MR) is 113 cm³/mol. The molecule has 1 fully saturated rings. The van der Waals surface area contributed by atoms with Gasteiger partial charge in [0.25, 0.3) is 0 Å². The van der Waals surface area contributed by atoms with Crippen LogP contribution in [0.5, 0.6) is 0 Å². The van der Waals surface area contributed by atoms with Crippen LogP contribution in [0.15, 0.2) is 54.6 Å². The summed E-state index contributed by atoms with van der Waals surface area (Å²) >= 11 is 0. The van der Waals surface area contributed by atoms with Crippen LogP contribution in [0.25, 0.3) is 0 Å². The highest BCUT2D eigenvalue weighted by molar-refractivity contribution is 5.97. The number of hydrogen-bond acceptors (Lipinski definition) is 2. The standard InChI is InChI=1S/C24H30N2O2/c1-2-18-13-15-21(16-14-18)25-24(28)22(17-19-9-5-3-6-10-19)26-23(27)20-11-7-4-8-12-20/h3,5-6,9-10,13-16,20,22H,2,4,7-8,11-12,17H2,1H3,(H,25,28)(H,26,27). The van der Waals surface area contributed by atoms with Gasteiger partial charge in [0.1, 0.15) is 6.04 Å². The Balaban J connectivity index is 1.70. The van der Waals surface area contributed by atoms with E-state index in [1.165, 1.54) is 12.0 Å². The van der Waals surface area contributed by atoms with Crippen molar-refractivity contribution in [2.24, 2.45) is 5.92 Å². The molecule has 0 heterocycles. The zero-order chi connectivity index (χ0) is 19.8. The molecule has 28 heavy (non-hydrogen) atoms. The molecule has 2 amide bonds. The number of aryl methyl sites for hydroxylation is 1. The van der Waals surface area contributed by atoms with Crippen molar-refractivity contribution in [3.05, 3.63) is 65.7 Å². The molecule has 0 aromatic heterocycles. The van der Waals surface area contributed by atoms with E-state index in [2.05, 4.69) is 17.6 Å². The molecule has 4 heteroatoms. The largest absolute Gasteiger partial charge is 0.344 e. The van der Waals surface area contributed by atoms with E-state index in [1.807, 2.05) is 54.6 Å². The summed E-state index contributed by atoms with van der Waals surface area (Å²) in [5.41, 5.74) is 3.02. The molecule has 1 saturated carbocycles. The van der Waals surface area contributed by atoms with E-state index in [4.69, 9.17) is 0 Å². The average Bonchev–Trinajstić information content (AvgIpc) is 2.75. The van der Waals surface area contributed by atoms with E-state index < -0.39 is 6.04 Å². The molecular weight excluding hydrogens is 348 g/mol. The molecule has 1 aliphatic carbocycles. The zero-order valence-electron chi connectivity index (χ0n) is 16.6. The first-order valence-electron chi connectivity index (χ1n) is 10.4. The van der Waals surface area contributed by atoms with Crippen molar-refractivity contribution in [1.82, 2.24) is 5.32 Å². The monoisotopic (exact) mass is 378 g/mol. The summed E-state index contributed by atoms with van der Waals surface area (Å²) in [7, 11) is 0. The lowest BCUT2D eigenvalue weighted by Crippen LogP contribution is -2.47. The van der Waals surface area contributed by atoms with Gasteiger partial charge in [-0.25, -0.2) is 0 Å². The first-order valence-corrected chi connectivity index (χ1v) is 10.4. The van der Waals surface area contributed by atoms with Crippen molar-refractivity contribution in [2.75, 3.05) is 5.32 Å². The molecule has 1 aliphatic rings. The molecule has 0 saturated heterocycles. The van der Waals surface area contributed by atoms with E-state index in [-0.39, 0.29) is 17.7 Å². The third-order valence-electron chi connectivity index (χ3n) is 5.52. The van der Waals surface area contributed by atoms with Crippen LogP contribution < -0.4 is 10.6 Å². The Hall–Kier alpha value is -2.62. The number of carbonyl (C=O) groups excluding carboxylic acids is 2. The van der Waals surface area contributed by atoms with E-state index in [9.17, 15) is 9.59 Å². The fourth-order valence-corrected chi connectivity index (χ4v) is 3.77. The molecule has 1 unspecified atom stereocenters. The summed E-state index contributed by atoms with van der Waals surface area (Å²) in [6.07, 6.45) is 6.68. The second-order valence-electron chi connectivity index (χ2n) is 7.63. The lowest BCUT2D eigenvalue weighted by Gasteiger charge is -2.24. The van der Waals surface area contributed by atoms with Gasteiger partial charge in [-0.1, -0.05) is 68.7 Å². The van der Waals surface area contributed by atoms with Gasteiger partial charge in [0.15, 0.2) is 0 Å². The van der Waals surface area contributed by atoms with Gasteiger partial charge in [0.05, 0.1) is 0 Å². The highest BCUT2D eigenvalue weighted by Gasteiger charge is 2.27. The van der Waals surface area contributed by atoms with Crippen LogP contribution in [0.4, 0.5) is 5.69 Å². The van der Waals surface area contributed by atoms with Gasteiger partial charge in [-0.3, -0.25) is 9.59 Å². The van der Waals surface area contributed by atoms with Crippen molar-refractivity contribution >= 4 is 17.5 Å². The van der Waals surface area contributed by atoms with E-state index in [0.29, 0.717) is 6.42 Å². The quantitative estimate of drug-likeness (QED) is 0.745. The number of benzene rings is 2. The second kappa shape index (κ2) is 10.1.